The molecule has 3 aromatic rings. The smallest absolute Gasteiger partial charge is 0.302 e. The average Bonchev–Trinajstić information content (AvgIpc) is 4.03. The molecule has 0 aliphatic carbocycles. The highest BCUT2D eigenvalue weighted by molar-refractivity contribution is 6.30. The van der Waals surface area contributed by atoms with E-state index in [1.54, 1.807) is 19.1 Å². The van der Waals surface area contributed by atoms with Crippen molar-refractivity contribution in [1.82, 2.24) is 4.90 Å². The second-order valence-corrected chi connectivity index (χ2v) is 19.9. The average molecular weight is 1010 g/mol. The molecule has 0 spiro atoms. The molecular weight excluding hydrogens is 913 g/mol. The molecule has 2 aliphatic heterocycles. The fraction of sp³-hybridized carbons (Fsp3) is 0.567. The van der Waals surface area contributed by atoms with E-state index in [-0.39, 0.29) is 40.7 Å². The van der Waals surface area contributed by atoms with Gasteiger partial charge in [-0.3, -0.25) is 19.2 Å². The van der Waals surface area contributed by atoms with Crippen molar-refractivity contribution in [3.05, 3.63) is 118 Å². The van der Waals surface area contributed by atoms with Gasteiger partial charge in [-0.15, -0.1) is 0 Å². The Morgan fingerprint density at radius 1 is 0.803 bits per heavy atom. The van der Waals surface area contributed by atoms with Crippen LogP contribution in [0.15, 0.2) is 79.0 Å². The van der Waals surface area contributed by atoms with E-state index in [9.17, 15) is 18.8 Å². The number of nitrogens with one attached hydrogen (secondary N) is 1. The number of ketones is 1. The molecule has 5 rings (SSSR count). The molecule has 6 atom stereocenters. The third-order valence-corrected chi connectivity index (χ3v) is 13.8. The molecule has 0 radical (unpaired) electrons. The summed E-state index contributed by atoms with van der Waals surface area (Å²) < 4.78 is 22.6. The highest BCUT2D eigenvalue weighted by atomic mass is 35.5. The highest BCUT2D eigenvalue weighted by Crippen LogP contribution is 2.48. The van der Waals surface area contributed by atoms with E-state index >= 15 is 0 Å². The second-order valence-electron chi connectivity index (χ2n) is 19.5. The number of hydrogen-bond donors (Lipinski definition) is 1. The molecule has 2 heterocycles. The Balaban J connectivity index is 0.00000117. The molecule has 2 saturated heterocycles. The second kappa shape index (κ2) is 34.4. The lowest BCUT2D eigenvalue weighted by Crippen LogP contribution is -2.40. The Labute approximate surface area is 435 Å². The summed E-state index contributed by atoms with van der Waals surface area (Å²) in [6, 6.07) is 19.2. The van der Waals surface area contributed by atoms with Crippen molar-refractivity contribution in [3.8, 4) is 0 Å². The molecule has 11 heteroatoms. The zero-order valence-electron chi connectivity index (χ0n) is 47.1. The molecule has 9 nitrogen and oxygen atoms in total. The molecule has 2 fully saturated rings. The van der Waals surface area contributed by atoms with Crippen LogP contribution >= 0.6 is 11.6 Å². The predicted molar refractivity (Wildman–Crippen MR) is 297 cm³/mol. The molecule has 2 aliphatic rings. The first kappa shape index (κ1) is 66.0. The number of anilines is 2. The number of halogens is 2. The van der Waals surface area contributed by atoms with Crippen LogP contribution in [-0.4, -0.2) is 55.8 Å². The topological polar surface area (TPSA) is 105 Å². The van der Waals surface area contributed by atoms with Crippen LogP contribution in [0.2, 0.25) is 5.02 Å². The van der Waals surface area contributed by atoms with Gasteiger partial charge in [-0.2, -0.15) is 0 Å². The van der Waals surface area contributed by atoms with Crippen LogP contribution in [-0.2, 0) is 28.7 Å². The summed E-state index contributed by atoms with van der Waals surface area (Å²) in [7, 11) is 2.66. The predicted octanol–water partition coefficient (Wildman–Crippen LogP) is 15.9. The maximum absolute atomic E-state index is 14.6. The molecular formula is C60H93ClFN3O6. The summed E-state index contributed by atoms with van der Waals surface area (Å²) in [5.41, 5.74) is 10.4. The van der Waals surface area contributed by atoms with Gasteiger partial charge in [0.05, 0.1) is 37.4 Å². The number of benzene rings is 3. The Morgan fingerprint density at radius 2 is 1.32 bits per heavy atom. The Hall–Kier alpha value is -4.96. The van der Waals surface area contributed by atoms with Crippen LogP contribution in [0.1, 0.15) is 175 Å². The van der Waals surface area contributed by atoms with Gasteiger partial charge in [0.2, 0.25) is 5.91 Å². The number of amides is 1. The SMILES string of the molecule is C=C(C)C1CCCN1C(=O)[C@@H](C)C(C)C.C=C(Nc1ccc(C2CC[C@H](c3ccc(C)c(C)c3)N2c2ccc(Cl)c(F)c2)cc1C)[C@@H](C)CCCC.CC.CC(=O)C(C)C(C)C.COC(C)=O.COC=O. The molecule has 1 N–H and O–H groups in total. The van der Waals surface area contributed by atoms with E-state index in [0.717, 1.165) is 61.3 Å². The molecule has 3 unspecified atom stereocenters. The van der Waals surface area contributed by atoms with Crippen molar-refractivity contribution in [3.63, 3.8) is 0 Å². The number of carbonyl (C=O) groups is 4. The Kier molecular flexibility index (Phi) is 32.0. The Bertz CT molecular complexity index is 2120. The van der Waals surface area contributed by atoms with Gasteiger partial charge >= 0.3 is 5.97 Å². The maximum Gasteiger partial charge on any atom is 0.302 e. The quantitative estimate of drug-likeness (QED) is 0.0912. The number of hydrogen-bond acceptors (Lipinski definition) is 8. The zero-order valence-corrected chi connectivity index (χ0v) is 47.8. The van der Waals surface area contributed by atoms with Crippen molar-refractivity contribution < 1.29 is 33.0 Å². The van der Waals surface area contributed by atoms with Crippen molar-refractivity contribution in [2.24, 2.45) is 29.6 Å². The van der Waals surface area contributed by atoms with Crippen LogP contribution in [0.5, 0.6) is 0 Å². The number of allylic oxidation sites excluding steroid dienone is 1. The number of Topliss-reactive ketones (excluding diaryl/α,β-unsaturated/α-hetero) is 1. The summed E-state index contributed by atoms with van der Waals surface area (Å²) in [5, 5.41) is 3.72. The van der Waals surface area contributed by atoms with Gasteiger partial charge in [-0.1, -0.05) is 143 Å². The minimum atomic E-state index is -0.380. The summed E-state index contributed by atoms with van der Waals surface area (Å²) in [4.78, 5) is 45.7. The summed E-state index contributed by atoms with van der Waals surface area (Å²) in [6.07, 6.45) is 7.76. The van der Waals surface area contributed by atoms with Gasteiger partial charge in [0.25, 0.3) is 6.47 Å². The van der Waals surface area contributed by atoms with Crippen LogP contribution in [0.4, 0.5) is 15.8 Å². The van der Waals surface area contributed by atoms with E-state index in [1.165, 1.54) is 61.8 Å². The molecule has 71 heavy (non-hydrogen) atoms. The number of rotatable bonds is 15. The monoisotopic (exact) mass is 1010 g/mol. The molecule has 398 valence electrons. The number of methoxy groups -OCH3 is 2. The number of unbranched alkanes of at least 4 members (excludes halogenated alkanes) is 1. The van der Waals surface area contributed by atoms with Crippen molar-refractivity contribution in [2.45, 2.75) is 174 Å². The fourth-order valence-electron chi connectivity index (χ4n) is 8.02. The fourth-order valence-corrected chi connectivity index (χ4v) is 8.13. The van der Waals surface area contributed by atoms with E-state index in [4.69, 9.17) is 16.4 Å². The number of aryl methyl sites for hydroxylation is 3. The molecule has 3 aromatic carbocycles. The van der Waals surface area contributed by atoms with E-state index < -0.39 is 0 Å². The van der Waals surface area contributed by atoms with Crippen LogP contribution in [0.3, 0.4) is 0 Å². The Morgan fingerprint density at radius 3 is 1.73 bits per heavy atom. The number of ether oxygens (including phenoxy) is 2. The zero-order chi connectivity index (χ0) is 54.7. The summed E-state index contributed by atoms with van der Waals surface area (Å²) in [5.74, 6) is 1.68. The summed E-state index contributed by atoms with van der Waals surface area (Å²) >= 11 is 6.05. The normalized spacial score (nSPS) is 16.8. The van der Waals surface area contributed by atoms with Crippen LogP contribution < -0.4 is 10.2 Å². The first-order valence-corrected chi connectivity index (χ1v) is 26.1. The first-order valence-electron chi connectivity index (χ1n) is 25.7. The number of carbonyl (C=O) groups excluding carboxylic acids is 4. The minimum Gasteiger partial charge on any atom is -0.471 e. The molecule has 0 aromatic heterocycles. The van der Waals surface area contributed by atoms with Gasteiger partial charge in [0.15, 0.2) is 0 Å². The largest absolute Gasteiger partial charge is 0.471 e. The molecule has 0 bridgehead atoms. The van der Waals surface area contributed by atoms with Crippen molar-refractivity contribution >= 4 is 47.1 Å². The van der Waals surface area contributed by atoms with E-state index in [2.05, 4.69) is 132 Å². The van der Waals surface area contributed by atoms with Crippen LogP contribution in [0.25, 0.3) is 0 Å². The molecule has 0 saturated carbocycles. The number of likely N-dealkylation sites (tertiary alicyclic amines) is 1. The van der Waals surface area contributed by atoms with E-state index in [1.807, 2.05) is 45.6 Å². The first-order chi connectivity index (χ1) is 33.4. The van der Waals surface area contributed by atoms with Gasteiger partial charge in [0.1, 0.15) is 11.6 Å². The number of nitrogens with zero attached hydrogens (tertiary/aromatic N) is 2. The highest BCUT2D eigenvalue weighted by Gasteiger charge is 2.36. The lowest BCUT2D eigenvalue weighted by molar-refractivity contribution is -0.138. The maximum atomic E-state index is 14.6. The third-order valence-electron chi connectivity index (χ3n) is 13.5. The lowest BCUT2D eigenvalue weighted by Gasteiger charge is -2.34. The van der Waals surface area contributed by atoms with Gasteiger partial charge in [-0.25, -0.2) is 4.39 Å². The number of esters is 1. The van der Waals surface area contributed by atoms with Crippen molar-refractivity contribution in [2.75, 3.05) is 31.0 Å². The van der Waals surface area contributed by atoms with Gasteiger partial charge in [0, 0.05) is 42.4 Å². The summed E-state index contributed by atoms with van der Waals surface area (Å²) in [6.45, 7) is 41.8. The van der Waals surface area contributed by atoms with Gasteiger partial charge in [-0.05, 0) is 137 Å². The van der Waals surface area contributed by atoms with Crippen LogP contribution in [0, 0.1) is 56.2 Å². The van der Waals surface area contributed by atoms with Gasteiger partial charge < -0.3 is 24.6 Å². The lowest BCUT2D eigenvalue weighted by atomic mass is 9.95. The third kappa shape index (κ3) is 22.1. The standard InChI is InChI=1S/C33H40ClFN2.C13H23NO.C7H14O.C3H6O2.C2H4O2.C2H6/c1-7-8-9-22(3)25(6)36-31-15-12-27(19-24(31)5)33-17-16-32(26-11-10-21(2)23(4)18-26)37(33)28-13-14-29(34)30(35)20-28;1-9(2)11(5)13(15)14-8-6-7-12(14)10(3)4;1-5(2)6(3)7(4)8;1-3(4)5-2;1-4-2-3;1-2/h10-15,18-20,22,32-33,36H,6-9,16-17H2,1-5H3;9,11-12H,3,6-8H2,1-2,4-5H3;5-6H,1-4H3;1-2H3;2H,1H3;1-2H3/t22-,32+,33?;11-,12?;;;;/m00..../s1. The minimum absolute atomic E-state index is 0.130. The van der Waals surface area contributed by atoms with E-state index in [0.29, 0.717) is 42.0 Å². The van der Waals surface area contributed by atoms with Crippen molar-refractivity contribution in [1.29, 1.82) is 0 Å². The molecule has 1 amide bonds.